The molecule has 0 aliphatic rings. The molecule has 2 unspecified atom stereocenters. The fraction of sp³-hybridized carbons (Fsp3) is 0.833. The van der Waals surface area contributed by atoms with Gasteiger partial charge >= 0.3 is 0 Å². The molecule has 2 amide bonds. The van der Waals surface area contributed by atoms with Gasteiger partial charge in [0.15, 0.2) is 0 Å². The molecular formula is C12H25N3O2. The Labute approximate surface area is 104 Å². The van der Waals surface area contributed by atoms with E-state index in [1.54, 1.807) is 25.8 Å². The van der Waals surface area contributed by atoms with E-state index in [1.807, 2.05) is 13.8 Å². The zero-order chi connectivity index (χ0) is 13.6. The molecule has 0 bridgehead atoms. The number of amides is 2. The number of likely N-dealkylation sites (N-methyl/N-ethyl adjacent to an activating group) is 2. The number of nitrogens with two attached hydrogens (primary N) is 1. The van der Waals surface area contributed by atoms with Gasteiger partial charge in [-0.05, 0) is 20.8 Å². The Morgan fingerprint density at radius 3 is 2.00 bits per heavy atom. The lowest BCUT2D eigenvalue weighted by atomic mass is 10.0. The van der Waals surface area contributed by atoms with Gasteiger partial charge in [0.1, 0.15) is 0 Å². The highest BCUT2D eigenvalue weighted by molar-refractivity contribution is 5.85. The van der Waals surface area contributed by atoms with Gasteiger partial charge in [0.25, 0.3) is 0 Å². The molecule has 100 valence electrons. The van der Waals surface area contributed by atoms with Crippen LogP contribution >= 0.6 is 0 Å². The quantitative estimate of drug-likeness (QED) is 0.729. The minimum atomic E-state index is -0.260. The third kappa shape index (κ3) is 4.73. The van der Waals surface area contributed by atoms with Gasteiger partial charge in [-0.1, -0.05) is 6.92 Å². The largest absolute Gasteiger partial charge is 0.342 e. The highest BCUT2D eigenvalue weighted by atomic mass is 16.2. The summed E-state index contributed by atoms with van der Waals surface area (Å²) in [4.78, 5) is 26.9. The summed E-state index contributed by atoms with van der Waals surface area (Å²) in [6, 6.07) is -0.200. The first-order valence-corrected chi connectivity index (χ1v) is 6.13. The van der Waals surface area contributed by atoms with E-state index in [1.165, 1.54) is 4.90 Å². The first-order chi connectivity index (χ1) is 7.84. The Kier molecular flexibility index (Phi) is 6.80. The van der Waals surface area contributed by atoms with Gasteiger partial charge in [0.2, 0.25) is 11.8 Å². The van der Waals surface area contributed by atoms with Crippen LogP contribution in [0.4, 0.5) is 0 Å². The molecule has 0 saturated carbocycles. The zero-order valence-corrected chi connectivity index (χ0v) is 11.6. The molecule has 0 rings (SSSR count). The van der Waals surface area contributed by atoms with Gasteiger partial charge in [-0.25, -0.2) is 0 Å². The molecule has 0 radical (unpaired) electrons. The molecular weight excluding hydrogens is 218 g/mol. The number of carbonyl (C=O) groups is 2. The van der Waals surface area contributed by atoms with Crippen molar-refractivity contribution in [2.75, 3.05) is 26.7 Å². The van der Waals surface area contributed by atoms with Crippen LogP contribution in [0.2, 0.25) is 0 Å². The molecule has 0 spiro atoms. The summed E-state index contributed by atoms with van der Waals surface area (Å²) in [5, 5.41) is 0. The molecule has 5 nitrogen and oxygen atoms in total. The molecule has 0 aliphatic carbocycles. The normalized spacial score (nSPS) is 14.0. The Morgan fingerprint density at radius 2 is 1.65 bits per heavy atom. The van der Waals surface area contributed by atoms with Crippen molar-refractivity contribution < 1.29 is 9.59 Å². The van der Waals surface area contributed by atoms with E-state index < -0.39 is 0 Å². The lowest BCUT2D eigenvalue weighted by Gasteiger charge is -2.26. The predicted molar refractivity (Wildman–Crippen MR) is 68.4 cm³/mol. The molecule has 17 heavy (non-hydrogen) atoms. The van der Waals surface area contributed by atoms with Gasteiger partial charge in [0, 0.05) is 26.2 Å². The number of carbonyl (C=O) groups excluding carboxylic acids is 2. The Balaban J connectivity index is 4.39. The van der Waals surface area contributed by atoms with Crippen LogP contribution in [0.3, 0.4) is 0 Å². The van der Waals surface area contributed by atoms with Crippen molar-refractivity contribution >= 4 is 11.8 Å². The molecule has 0 heterocycles. The summed E-state index contributed by atoms with van der Waals surface area (Å²) in [5.74, 6) is -0.368. The second kappa shape index (κ2) is 7.27. The van der Waals surface area contributed by atoms with E-state index in [0.29, 0.717) is 13.1 Å². The number of hydrogen-bond donors (Lipinski definition) is 1. The van der Waals surface area contributed by atoms with E-state index in [4.69, 9.17) is 5.73 Å². The second-order valence-corrected chi connectivity index (χ2v) is 4.41. The number of nitrogens with zero attached hydrogens (tertiary/aromatic N) is 2. The lowest BCUT2D eigenvalue weighted by molar-refractivity contribution is -0.141. The Bertz CT molecular complexity index is 262. The fourth-order valence-electron chi connectivity index (χ4n) is 1.53. The average Bonchev–Trinajstić information content (AvgIpc) is 2.28. The van der Waals surface area contributed by atoms with E-state index in [0.717, 1.165) is 0 Å². The Hall–Kier alpha value is -1.10. The molecule has 2 atom stereocenters. The van der Waals surface area contributed by atoms with Crippen molar-refractivity contribution in [1.82, 2.24) is 9.80 Å². The Morgan fingerprint density at radius 1 is 1.18 bits per heavy atom. The minimum Gasteiger partial charge on any atom is -0.342 e. The second-order valence-electron chi connectivity index (χ2n) is 4.41. The summed E-state index contributed by atoms with van der Waals surface area (Å²) in [7, 11) is 1.64. The third-order valence-electron chi connectivity index (χ3n) is 3.04. The van der Waals surface area contributed by atoms with Crippen LogP contribution in [-0.2, 0) is 9.59 Å². The summed E-state index contributed by atoms with van der Waals surface area (Å²) >= 11 is 0. The van der Waals surface area contributed by atoms with E-state index >= 15 is 0 Å². The first-order valence-electron chi connectivity index (χ1n) is 6.13. The summed E-state index contributed by atoms with van der Waals surface area (Å²) in [6.45, 7) is 8.88. The van der Waals surface area contributed by atoms with Crippen molar-refractivity contribution in [3.8, 4) is 0 Å². The summed E-state index contributed by atoms with van der Waals surface area (Å²) in [6.07, 6.45) is 0. The standard InChI is InChI=1S/C12H25N3O2/c1-6-15(7-2)11(16)8-14(5)12(17)9(3)10(4)13/h9-10H,6-8,13H2,1-5H3. The van der Waals surface area contributed by atoms with E-state index in [2.05, 4.69) is 0 Å². The van der Waals surface area contributed by atoms with Crippen LogP contribution < -0.4 is 5.73 Å². The molecule has 5 heteroatoms. The molecule has 0 aliphatic heterocycles. The molecule has 0 aromatic carbocycles. The maximum absolute atomic E-state index is 11.9. The van der Waals surface area contributed by atoms with Crippen LogP contribution in [-0.4, -0.2) is 54.3 Å². The van der Waals surface area contributed by atoms with Gasteiger partial charge in [-0.15, -0.1) is 0 Å². The molecule has 0 aromatic heterocycles. The van der Waals surface area contributed by atoms with Gasteiger partial charge in [-0.2, -0.15) is 0 Å². The molecule has 0 fully saturated rings. The molecule has 0 aromatic rings. The van der Waals surface area contributed by atoms with E-state index in [9.17, 15) is 9.59 Å². The smallest absolute Gasteiger partial charge is 0.242 e. The highest BCUT2D eigenvalue weighted by Crippen LogP contribution is 2.05. The number of rotatable bonds is 6. The molecule has 0 saturated heterocycles. The van der Waals surface area contributed by atoms with E-state index in [-0.39, 0.29) is 30.3 Å². The highest BCUT2D eigenvalue weighted by Gasteiger charge is 2.23. The van der Waals surface area contributed by atoms with Crippen LogP contribution in [0.5, 0.6) is 0 Å². The summed E-state index contributed by atoms with van der Waals surface area (Å²) in [5.41, 5.74) is 5.67. The SMILES string of the molecule is CCN(CC)C(=O)CN(C)C(=O)C(C)C(C)N. The van der Waals surface area contributed by atoms with Crippen molar-refractivity contribution in [2.24, 2.45) is 11.7 Å². The van der Waals surface area contributed by atoms with Crippen LogP contribution in [0, 0.1) is 5.92 Å². The maximum Gasteiger partial charge on any atom is 0.242 e. The van der Waals surface area contributed by atoms with Crippen LogP contribution in [0.25, 0.3) is 0 Å². The van der Waals surface area contributed by atoms with Crippen molar-refractivity contribution in [2.45, 2.75) is 33.7 Å². The van der Waals surface area contributed by atoms with Crippen LogP contribution in [0.15, 0.2) is 0 Å². The molecule has 2 N–H and O–H groups in total. The minimum absolute atomic E-state index is 0.0253. The van der Waals surface area contributed by atoms with Gasteiger partial charge < -0.3 is 15.5 Å². The van der Waals surface area contributed by atoms with Crippen LogP contribution in [0.1, 0.15) is 27.7 Å². The first kappa shape index (κ1) is 15.9. The third-order valence-corrected chi connectivity index (χ3v) is 3.04. The maximum atomic E-state index is 11.9. The monoisotopic (exact) mass is 243 g/mol. The fourth-order valence-corrected chi connectivity index (χ4v) is 1.53. The zero-order valence-electron chi connectivity index (χ0n) is 11.6. The number of hydrogen-bond acceptors (Lipinski definition) is 3. The average molecular weight is 243 g/mol. The van der Waals surface area contributed by atoms with Gasteiger partial charge in [-0.3, -0.25) is 9.59 Å². The van der Waals surface area contributed by atoms with Crippen molar-refractivity contribution in [3.63, 3.8) is 0 Å². The lowest BCUT2D eigenvalue weighted by Crippen LogP contribution is -2.45. The predicted octanol–water partition coefficient (Wildman–Crippen LogP) is 0.297. The summed E-state index contributed by atoms with van der Waals surface area (Å²) < 4.78 is 0. The van der Waals surface area contributed by atoms with Crippen molar-refractivity contribution in [1.29, 1.82) is 0 Å². The van der Waals surface area contributed by atoms with Gasteiger partial charge in [0.05, 0.1) is 12.5 Å². The topological polar surface area (TPSA) is 66.6 Å². The van der Waals surface area contributed by atoms with Crippen molar-refractivity contribution in [3.05, 3.63) is 0 Å².